The molecule has 29 heavy (non-hydrogen) atoms. The maximum Gasteiger partial charge on any atom is 0.223 e. The lowest BCUT2D eigenvalue weighted by Crippen LogP contribution is -2.22. The van der Waals surface area contributed by atoms with Crippen LogP contribution in [0.2, 0.25) is 0 Å². The van der Waals surface area contributed by atoms with Crippen LogP contribution in [0.15, 0.2) is 54.2 Å². The van der Waals surface area contributed by atoms with E-state index in [-0.39, 0.29) is 18.4 Å². The highest BCUT2D eigenvalue weighted by atomic mass is 16.5. The smallest absolute Gasteiger partial charge is 0.223 e. The van der Waals surface area contributed by atoms with Crippen LogP contribution in [-0.4, -0.2) is 36.3 Å². The maximum absolute atomic E-state index is 12.2. The molecule has 1 heterocycles. The van der Waals surface area contributed by atoms with Gasteiger partial charge in [0.25, 0.3) is 0 Å². The van der Waals surface area contributed by atoms with Crippen LogP contribution in [0.25, 0.3) is 0 Å². The van der Waals surface area contributed by atoms with Crippen LogP contribution in [-0.2, 0) is 9.53 Å². The minimum atomic E-state index is -0.115. The molecule has 0 spiro atoms. The Morgan fingerprint density at radius 1 is 1.52 bits per heavy atom. The topological polar surface area (TPSA) is 98.5 Å². The third kappa shape index (κ3) is 6.77. The molecule has 1 atom stereocenters. The molecule has 0 radical (unpaired) electrons. The van der Waals surface area contributed by atoms with Crippen LogP contribution in [0.4, 0.5) is 5.82 Å². The van der Waals surface area contributed by atoms with Crippen molar-refractivity contribution in [3.05, 3.63) is 59.8 Å². The summed E-state index contributed by atoms with van der Waals surface area (Å²) in [6, 6.07) is 5.51. The first-order valence-corrected chi connectivity index (χ1v) is 9.75. The van der Waals surface area contributed by atoms with Gasteiger partial charge < -0.3 is 20.1 Å². The van der Waals surface area contributed by atoms with Crippen molar-refractivity contribution in [2.75, 3.05) is 25.2 Å². The van der Waals surface area contributed by atoms with Gasteiger partial charge in [-0.1, -0.05) is 6.08 Å². The molecule has 7 nitrogen and oxygen atoms in total. The lowest BCUT2D eigenvalue weighted by atomic mass is 9.90. The monoisotopic (exact) mass is 396 g/mol. The van der Waals surface area contributed by atoms with Gasteiger partial charge in [0.2, 0.25) is 5.91 Å². The van der Waals surface area contributed by atoms with Gasteiger partial charge >= 0.3 is 0 Å². The van der Waals surface area contributed by atoms with Crippen molar-refractivity contribution >= 4 is 11.7 Å². The van der Waals surface area contributed by atoms with Gasteiger partial charge in [-0.25, -0.2) is 4.98 Å². The predicted octanol–water partition coefficient (Wildman–Crippen LogP) is 3.01. The highest BCUT2D eigenvalue weighted by Gasteiger charge is 2.17. The van der Waals surface area contributed by atoms with Gasteiger partial charge in [-0.15, -0.1) is 0 Å². The van der Waals surface area contributed by atoms with E-state index in [4.69, 9.17) is 10.00 Å². The summed E-state index contributed by atoms with van der Waals surface area (Å²) in [4.78, 5) is 18.3. The van der Waals surface area contributed by atoms with E-state index in [1.165, 1.54) is 6.20 Å². The number of aromatic nitrogens is 1. The highest BCUT2D eigenvalue weighted by molar-refractivity contribution is 5.77. The molecule has 0 saturated carbocycles. The van der Waals surface area contributed by atoms with E-state index in [0.29, 0.717) is 30.8 Å². The largest absolute Gasteiger partial charge is 0.501 e. The number of aliphatic hydroxyl groups is 1. The van der Waals surface area contributed by atoms with E-state index >= 15 is 0 Å². The van der Waals surface area contributed by atoms with Crippen LogP contribution in [0.1, 0.15) is 38.2 Å². The molecule has 154 valence electrons. The van der Waals surface area contributed by atoms with Crippen LogP contribution in [0.5, 0.6) is 0 Å². The number of hydrogen-bond donors (Lipinski definition) is 2. The second kappa shape index (κ2) is 11.7. The standard InChI is InChI=1S/C22H28N4O3/c1-3-26(21-9-7-17(14-23)15-25-21)12-11-24-22(28)10-8-19(16-27)18-5-4-6-20(13-18)29-2/h5,7,9,11-13,15,19,27H,3-4,6,8,10,16H2,1-2H3,(H,24,28)/b12-11+. The SMILES string of the molecule is CCN(/C=C/NC(=O)CCC(CO)C1=CCCC(OC)=C1)c1ccc(C#N)cn1. The summed E-state index contributed by atoms with van der Waals surface area (Å²) in [5.41, 5.74) is 1.53. The normalized spacial score (nSPS) is 14.6. The number of pyridine rings is 1. The van der Waals surface area contributed by atoms with Crippen LogP contribution >= 0.6 is 0 Å². The van der Waals surface area contributed by atoms with E-state index in [2.05, 4.69) is 16.4 Å². The van der Waals surface area contributed by atoms with Crippen molar-refractivity contribution in [2.45, 2.75) is 32.6 Å². The fourth-order valence-corrected chi connectivity index (χ4v) is 3.07. The number of aliphatic hydroxyl groups excluding tert-OH is 1. The summed E-state index contributed by atoms with van der Waals surface area (Å²) >= 11 is 0. The average Bonchev–Trinajstić information content (AvgIpc) is 2.77. The van der Waals surface area contributed by atoms with E-state index in [0.717, 1.165) is 24.2 Å². The molecule has 1 aliphatic carbocycles. The summed E-state index contributed by atoms with van der Waals surface area (Å²) < 4.78 is 5.30. The third-order valence-corrected chi connectivity index (χ3v) is 4.78. The Morgan fingerprint density at radius 3 is 2.97 bits per heavy atom. The molecule has 1 aromatic rings. The first-order valence-electron chi connectivity index (χ1n) is 9.75. The number of ether oxygens (including phenoxy) is 1. The van der Waals surface area contributed by atoms with Crippen molar-refractivity contribution in [2.24, 2.45) is 5.92 Å². The number of nitriles is 1. The van der Waals surface area contributed by atoms with Crippen LogP contribution < -0.4 is 10.2 Å². The quantitative estimate of drug-likeness (QED) is 0.631. The third-order valence-electron chi connectivity index (χ3n) is 4.78. The average molecular weight is 396 g/mol. The van der Waals surface area contributed by atoms with Gasteiger partial charge in [0.05, 0.1) is 18.4 Å². The maximum atomic E-state index is 12.2. The predicted molar refractivity (Wildman–Crippen MR) is 111 cm³/mol. The Kier molecular flexibility index (Phi) is 8.93. The van der Waals surface area contributed by atoms with Crippen LogP contribution in [0.3, 0.4) is 0 Å². The van der Waals surface area contributed by atoms with E-state index < -0.39 is 0 Å². The number of amides is 1. The minimum absolute atomic E-state index is 0.00355. The van der Waals surface area contributed by atoms with Gasteiger partial charge in [-0.05, 0) is 43.5 Å². The molecule has 0 saturated heterocycles. The molecular weight excluding hydrogens is 368 g/mol. The molecule has 0 fully saturated rings. The van der Waals surface area contributed by atoms with Gasteiger partial charge in [-0.3, -0.25) is 4.79 Å². The molecule has 2 rings (SSSR count). The number of methoxy groups -OCH3 is 1. The van der Waals surface area contributed by atoms with E-state index in [9.17, 15) is 9.90 Å². The fourth-order valence-electron chi connectivity index (χ4n) is 3.07. The van der Waals surface area contributed by atoms with Gasteiger partial charge in [0, 0.05) is 50.5 Å². The Labute approximate surface area is 172 Å². The summed E-state index contributed by atoms with van der Waals surface area (Å²) in [6.45, 7) is 2.63. The van der Waals surface area contributed by atoms with Gasteiger partial charge in [0.1, 0.15) is 11.9 Å². The molecule has 0 aliphatic heterocycles. The molecule has 1 aliphatic rings. The molecular formula is C22H28N4O3. The van der Waals surface area contributed by atoms with Crippen molar-refractivity contribution in [1.29, 1.82) is 5.26 Å². The van der Waals surface area contributed by atoms with Gasteiger partial charge in [-0.2, -0.15) is 5.26 Å². The Bertz CT molecular complexity index is 806. The molecule has 1 aromatic heterocycles. The fraction of sp³-hybridized carbons (Fsp3) is 0.409. The highest BCUT2D eigenvalue weighted by Crippen LogP contribution is 2.26. The summed E-state index contributed by atoms with van der Waals surface area (Å²) in [5.74, 6) is 1.41. The number of allylic oxidation sites excluding steroid dienone is 3. The molecule has 1 unspecified atom stereocenters. The zero-order chi connectivity index (χ0) is 21.1. The summed E-state index contributed by atoms with van der Waals surface area (Å²) in [7, 11) is 1.65. The zero-order valence-corrected chi connectivity index (χ0v) is 17.0. The first kappa shape index (κ1) is 22.2. The lowest BCUT2D eigenvalue weighted by molar-refractivity contribution is -0.120. The molecule has 0 aromatic carbocycles. The number of hydrogen-bond acceptors (Lipinski definition) is 6. The van der Waals surface area contributed by atoms with Crippen LogP contribution in [0, 0.1) is 17.2 Å². The molecule has 0 bridgehead atoms. The summed E-state index contributed by atoms with van der Waals surface area (Å²) in [6.07, 6.45) is 11.5. The summed E-state index contributed by atoms with van der Waals surface area (Å²) in [5, 5.41) is 21.3. The molecule has 1 amide bonds. The number of nitrogens with one attached hydrogen (secondary N) is 1. The van der Waals surface area contributed by atoms with Crippen molar-refractivity contribution in [3.63, 3.8) is 0 Å². The minimum Gasteiger partial charge on any atom is -0.501 e. The Morgan fingerprint density at radius 2 is 2.34 bits per heavy atom. The van der Waals surface area contributed by atoms with E-state index in [1.54, 1.807) is 31.6 Å². The van der Waals surface area contributed by atoms with Crippen molar-refractivity contribution in [1.82, 2.24) is 10.3 Å². The number of carbonyl (C=O) groups excluding carboxylic acids is 1. The zero-order valence-electron chi connectivity index (χ0n) is 17.0. The number of nitrogens with zero attached hydrogens (tertiary/aromatic N) is 3. The molecule has 7 heteroatoms. The number of carbonyl (C=O) groups is 1. The second-order valence-electron chi connectivity index (χ2n) is 6.66. The van der Waals surface area contributed by atoms with Gasteiger partial charge in [0.15, 0.2) is 0 Å². The van der Waals surface area contributed by atoms with Crippen molar-refractivity contribution < 1.29 is 14.6 Å². The number of anilines is 1. The lowest BCUT2D eigenvalue weighted by Gasteiger charge is -2.20. The second-order valence-corrected chi connectivity index (χ2v) is 6.66. The first-order chi connectivity index (χ1) is 14.1. The Hall–Kier alpha value is -3.11. The number of rotatable bonds is 10. The van der Waals surface area contributed by atoms with E-state index in [1.807, 2.05) is 24.0 Å². The molecule has 2 N–H and O–H groups in total. The van der Waals surface area contributed by atoms with Crippen molar-refractivity contribution in [3.8, 4) is 6.07 Å². The Balaban J connectivity index is 1.85.